The molecule has 1 aliphatic carbocycles. The molecular weight excluding hydrogens is 398 g/mol. The van der Waals surface area contributed by atoms with Gasteiger partial charge in [0, 0.05) is 12.3 Å². The van der Waals surface area contributed by atoms with Gasteiger partial charge in [-0.2, -0.15) is 0 Å². The van der Waals surface area contributed by atoms with Gasteiger partial charge >= 0.3 is 18.0 Å². The number of nitrogens with one attached hydrogen (secondary N) is 1. The van der Waals surface area contributed by atoms with Gasteiger partial charge in [0.1, 0.15) is 12.6 Å². The summed E-state index contributed by atoms with van der Waals surface area (Å²) in [6.07, 6.45) is -1.12. The van der Waals surface area contributed by atoms with Crippen molar-refractivity contribution in [2.45, 2.75) is 38.6 Å². The molecule has 0 radical (unpaired) electrons. The van der Waals surface area contributed by atoms with Crippen LogP contribution in [0.5, 0.6) is 0 Å². The average Bonchev–Trinajstić information content (AvgIpc) is 3.07. The van der Waals surface area contributed by atoms with Gasteiger partial charge < -0.3 is 19.9 Å². The first-order chi connectivity index (χ1) is 14.9. The van der Waals surface area contributed by atoms with Crippen molar-refractivity contribution >= 4 is 18.0 Å². The molecule has 3 rings (SSSR count). The summed E-state index contributed by atoms with van der Waals surface area (Å²) in [5, 5.41) is 11.4. The highest BCUT2D eigenvalue weighted by atomic mass is 16.6. The third-order valence-electron chi connectivity index (χ3n) is 5.13. The molecule has 1 atom stereocenters. The predicted octanol–water partition coefficient (Wildman–Crippen LogP) is 3.96. The second-order valence-electron chi connectivity index (χ2n) is 7.98. The Labute approximate surface area is 181 Å². The maximum Gasteiger partial charge on any atom is 0.407 e. The first-order valence-corrected chi connectivity index (χ1v) is 10.4. The normalized spacial score (nSPS) is 13.3. The number of fused-ring (bicyclic) bond motifs is 3. The van der Waals surface area contributed by atoms with E-state index in [9.17, 15) is 14.4 Å². The third-order valence-corrected chi connectivity index (χ3v) is 5.13. The van der Waals surface area contributed by atoms with Crippen LogP contribution in [0.1, 0.15) is 43.7 Å². The van der Waals surface area contributed by atoms with Crippen LogP contribution in [0, 0.1) is 5.92 Å². The van der Waals surface area contributed by atoms with E-state index in [4.69, 9.17) is 14.6 Å². The maximum atomic E-state index is 12.4. The fourth-order valence-electron chi connectivity index (χ4n) is 3.65. The molecule has 164 valence electrons. The van der Waals surface area contributed by atoms with Gasteiger partial charge in [-0.05, 0) is 34.6 Å². The monoisotopic (exact) mass is 425 g/mol. The Morgan fingerprint density at radius 1 is 0.968 bits per heavy atom. The van der Waals surface area contributed by atoms with Gasteiger partial charge in [0.05, 0.1) is 6.61 Å². The number of hydrogen-bond donors (Lipinski definition) is 2. The van der Waals surface area contributed by atoms with E-state index in [1.54, 1.807) is 0 Å². The van der Waals surface area contributed by atoms with Crippen LogP contribution in [0.25, 0.3) is 11.1 Å². The van der Waals surface area contributed by atoms with Crippen molar-refractivity contribution < 1.29 is 29.0 Å². The Hall–Kier alpha value is -3.35. The Balaban J connectivity index is 1.64. The molecular formula is C24H27NO6. The molecule has 0 bridgehead atoms. The van der Waals surface area contributed by atoms with E-state index < -0.39 is 24.1 Å². The zero-order chi connectivity index (χ0) is 22.4. The Morgan fingerprint density at radius 2 is 1.55 bits per heavy atom. The van der Waals surface area contributed by atoms with Gasteiger partial charge in [0.25, 0.3) is 0 Å². The number of amides is 1. The van der Waals surface area contributed by atoms with Gasteiger partial charge in [-0.3, -0.25) is 4.79 Å². The largest absolute Gasteiger partial charge is 0.481 e. The summed E-state index contributed by atoms with van der Waals surface area (Å²) in [5.74, 6) is -1.71. The van der Waals surface area contributed by atoms with Crippen LogP contribution < -0.4 is 5.32 Å². The second-order valence-corrected chi connectivity index (χ2v) is 7.98. The fourth-order valence-corrected chi connectivity index (χ4v) is 3.65. The second kappa shape index (κ2) is 10.1. The molecule has 1 aliphatic rings. The van der Waals surface area contributed by atoms with Crippen LogP contribution in [0.15, 0.2) is 48.5 Å². The van der Waals surface area contributed by atoms with Crippen LogP contribution in [0.2, 0.25) is 0 Å². The summed E-state index contributed by atoms with van der Waals surface area (Å²) in [6.45, 7) is 4.07. The van der Waals surface area contributed by atoms with Crippen LogP contribution in [-0.2, 0) is 19.1 Å². The van der Waals surface area contributed by atoms with E-state index in [0.29, 0.717) is 0 Å². The molecule has 0 aliphatic heterocycles. The molecule has 7 heteroatoms. The molecule has 2 aromatic carbocycles. The van der Waals surface area contributed by atoms with Gasteiger partial charge in [0.15, 0.2) is 0 Å². The first kappa shape index (κ1) is 22.3. The average molecular weight is 425 g/mol. The number of rotatable bonds is 9. The van der Waals surface area contributed by atoms with Crippen molar-refractivity contribution in [3.05, 3.63) is 59.7 Å². The smallest absolute Gasteiger partial charge is 0.407 e. The van der Waals surface area contributed by atoms with Crippen molar-refractivity contribution in [2.75, 3.05) is 13.2 Å². The lowest BCUT2D eigenvalue weighted by Crippen LogP contribution is -2.43. The Kier molecular flexibility index (Phi) is 7.28. The Bertz CT molecular complexity index is 909. The molecule has 0 saturated heterocycles. The minimum absolute atomic E-state index is 0.0730. The van der Waals surface area contributed by atoms with Crippen LogP contribution in [-0.4, -0.2) is 42.4 Å². The van der Waals surface area contributed by atoms with Gasteiger partial charge in [-0.15, -0.1) is 0 Å². The van der Waals surface area contributed by atoms with Crippen molar-refractivity contribution in [3.63, 3.8) is 0 Å². The highest BCUT2D eigenvalue weighted by Gasteiger charge is 2.30. The summed E-state index contributed by atoms with van der Waals surface area (Å²) >= 11 is 0. The van der Waals surface area contributed by atoms with Crippen molar-refractivity contribution in [1.82, 2.24) is 5.32 Å². The van der Waals surface area contributed by atoms with Crippen molar-refractivity contribution in [3.8, 4) is 11.1 Å². The van der Waals surface area contributed by atoms with Gasteiger partial charge in [-0.25, -0.2) is 9.59 Å². The minimum atomic E-state index is -1.08. The highest BCUT2D eigenvalue weighted by molar-refractivity contribution is 5.82. The van der Waals surface area contributed by atoms with Crippen LogP contribution in [0.3, 0.4) is 0 Å². The van der Waals surface area contributed by atoms with E-state index in [0.717, 1.165) is 22.3 Å². The topological polar surface area (TPSA) is 102 Å². The maximum absolute atomic E-state index is 12.4. The summed E-state index contributed by atoms with van der Waals surface area (Å²) in [5.41, 5.74) is 4.39. The van der Waals surface area contributed by atoms with E-state index in [1.807, 2.05) is 62.4 Å². The van der Waals surface area contributed by atoms with Crippen molar-refractivity contribution in [1.29, 1.82) is 0 Å². The van der Waals surface area contributed by atoms with Gasteiger partial charge in [-0.1, -0.05) is 62.4 Å². The number of ether oxygens (including phenoxy) is 2. The molecule has 2 aromatic rings. The van der Waals surface area contributed by atoms with Crippen molar-refractivity contribution in [2.24, 2.45) is 5.92 Å². The van der Waals surface area contributed by atoms with Crippen LogP contribution in [0.4, 0.5) is 4.79 Å². The molecule has 0 saturated carbocycles. The van der Waals surface area contributed by atoms with E-state index in [1.165, 1.54) is 0 Å². The minimum Gasteiger partial charge on any atom is -0.481 e. The zero-order valence-electron chi connectivity index (χ0n) is 17.7. The SMILES string of the molecule is CC(C)COC(=O)[C@H](CCC(=O)O)NC(=O)OCC1c2ccccc2-c2ccccc21. The third kappa shape index (κ3) is 5.63. The number of benzene rings is 2. The first-order valence-electron chi connectivity index (χ1n) is 10.4. The van der Waals surface area contributed by atoms with E-state index >= 15 is 0 Å². The molecule has 0 unspecified atom stereocenters. The number of carboxylic acids is 1. The van der Waals surface area contributed by atoms with E-state index in [-0.39, 0.29) is 37.9 Å². The number of carboxylic acid groups (broad SMARTS) is 1. The number of esters is 1. The molecule has 1 amide bonds. The molecule has 2 N–H and O–H groups in total. The summed E-state index contributed by atoms with van der Waals surface area (Å²) in [4.78, 5) is 35.6. The number of aliphatic carboxylic acids is 1. The standard InChI is InChI=1S/C24H27NO6/c1-15(2)13-30-23(28)21(11-12-22(26)27)25-24(29)31-14-20-18-9-5-3-7-16(18)17-8-4-6-10-19(17)20/h3-10,15,20-21H,11-14H2,1-2H3,(H,25,29)(H,26,27)/t21-/m0/s1. The highest BCUT2D eigenvalue weighted by Crippen LogP contribution is 2.44. The predicted molar refractivity (Wildman–Crippen MR) is 115 cm³/mol. The number of alkyl carbamates (subject to hydrolysis) is 1. The van der Waals surface area contributed by atoms with Gasteiger partial charge in [0.2, 0.25) is 0 Å². The summed E-state index contributed by atoms with van der Waals surface area (Å²) in [6, 6.07) is 14.9. The molecule has 0 aromatic heterocycles. The molecule has 0 spiro atoms. The molecule has 0 heterocycles. The Morgan fingerprint density at radius 3 is 2.10 bits per heavy atom. The fraction of sp³-hybridized carbons (Fsp3) is 0.375. The lowest BCUT2D eigenvalue weighted by Gasteiger charge is -2.19. The molecule has 31 heavy (non-hydrogen) atoms. The number of carbonyl (C=O) groups excluding carboxylic acids is 2. The lowest BCUT2D eigenvalue weighted by molar-refractivity contribution is -0.147. The number of hydrogen-bond acceptors (Lipinski definition) is 5. The lowest BCUT2D eigenvalue weighted by atomic mass is 9.98. The van der Waals surface area contributed by atoms with E-state index in [2.05, 4.69) is 5.32 Å². The molecule has 0 fully saturated rings. The number of carbonyl (C=O) groups is 3. The van der Waals surface area contributed by atoms with Crippen LogP contribution >= 0.6 is 0 Å². The zero-order valence-corrected chi connectivity index (χ0v) is 17.7. The molecule has 7 nitrogen and oxygen atoms in total. The summed E-state index contributed by atoms with van der Waals surface area (Å²) < 4.78 is 10.6. The summed E-state index contributed by atoms with van der Waals surface area (Å²) in [7, 11) is 0. The quantitative estimate of drug-likeness (QED) is 0.590.